The highest BCUT2D eigenvalue weighted by molar-refractivity contribution is 14.1. The fourth-order valence-electron chi connectivity index (χ4n) is 2.42. The average Bonchev–Trinajstić information content (AvgIpc) is 2.49. The van der Waals surface area contributed by atoms with E-state index in [0.717, 1.165) is 33.1 Å². The molecule has 0 unspecified atom stereocenters. The Morgan fingerprint density at radius 1 is 1.24 bits per heavy atom. The summed E-state index contributed by atoms with van der Waals surface area (Å²) in [5, 5.41) is 6.36. The molecule has 0 bridgehead atoms. The second-order valence-corrected chi connectivity index (χ2v) is 7.06. The van der Waals surface area contributed by atoms with Crippen molar-refractivity contribution in [3.63, 3.8) is 0 Å². The molecule has 108 valence electrons. The normalized spacial score (nSPS) is 13.2. The van der Waals surface area contributed by atoms with Crippen molar-refractivity contribution >= 4 is 55.8 Å². The first kappa shape index (κ1) is 14.8. The molecular formula is C16H14BrIN2O. The maximum absolute atomic E-state index is 12.4. The topological polar surface area (TPSA) is 41.1 Å². The van der Waals surface area contributed by atoms with E-state index in [-0.39, 0.29) is 5.91 Å². The van der Waals surface area contributed by atoms with Crippen LogP contribution < -0.4 is 10.6 Å². The molecule has 1 aliphatic rings. The Hall–Kier alpha value is -1.08. The number of fused-ring (bicyclic) bond motifs is 1. The van der Waals surface area contributed by atoms with E-state index in [1.165, 1.54) is 11.3 Å². The van der Waals surface area contributed by atoms with Crippen molar-refractivity contribution in [3.05, 3.63) is 55.6 Å². The van der Waals surface area contributed by atoms with Crippen molar-refractivity contribution in [2.75, 3.05) is 17.2 Å². The third kappa shape index (κ3) is 3.40. The molecule has 2 aromatic carbocycles. The van der Waals surface area contributed by atoms with Crippen LogP contribution in [0.15, 0.2) is 40.9 Å². The van der Waals surface area contributed by atoms with Crippen molar-refractivity contribution in [2.45, 2.75) is 12.8 Å². The summed E-state index contributed by atoms with van der Waals surface area (Å²) in [4.78, 5) is 12.4. The third-order valence-corrected chi connectivity index (χ3v) is 4.91. The van der Waals surface area contributed by atoms with E-state index in [1.807, 2.05) is 30.3 Å². The standard InChI is InChI=1S/C16H14BrIN2O/c17-11-3-5-14(18)13(9-11)16(21)20-12-4-6-15-10(8-12)2-1-7-19-15/h3-6,8-9,19H,1-2,7H2,(H,20,21). The lowest BCUT2D eigenvalue weighted by atomic mass is 10.0. The fourth-order valence-corrected chi connectivity index (χ4v) is 3.36. The molecule has 0 fully saturated rings. The molecule has 1 aliphatic heterocycles. The molecule has 0 spiro atoms. The summed E-state index contributed by atoms with van der Waals surface area (Å²) in [5.74, 6) is -0.0792. The van der Waals surface area contributed by atoms with Gasteiger partial charge in [-0.3, -0.25) is 4.79 Å². The second kappa shape index (κ2) is 6.36. The Morgan fingerprint density at radius 3 is 2.95 bits per heavy atom. The fraction of sp³-hybridized carbons (Fsp3) is 0.188. The van der Waals surface area contributed by atoms with E-state index in [2.05, 4.69) is 55.2 Å². The number of amides is 1. The van der Waals surface area contributed by atoms with E-state index < -0.39 is 0 Å². The minimum Gasteiger partial charge on any atom is -0.385 e. The van der Waals surface area contributed by atoms with Crippen LogP contribution in [0.25, 0.3) is 0 Å². The van der Waals surface area contributed by atoms with Crippen molar-refractivity contribution in [3.8, 4) is 0 Å². The van der Waals surface area contributed by atoms with Gasteiger partial charge in [0, 0.05) is 26.0 Å². The molecule has 0 radical (unpaired) electrons. The highest BCUT2D eigenvalue weighted by Crippen LogP contribution is 2.26. The van der Waals surface area contributed by atoms with Gasteiger partial charge in [0.15, 0.2) is 0 Å². The number of halogens is 2. The largest absolute Gasteiger partial charge is 0.385 e. The molecule has 1 amide bonds. The van der Waals surface area contributed by atoms with E-state index in [9.17, 15) is 4.79 Å². The van der Waals surface area contributed by atoms with Crippen LogP contribution in [0.3, 0.4) is 0 Å². The molecule has 0 atom stereocenters. The summed E-state index contributed by atoms with van der Waals surface area (Å²) < 4.78 is 1.84. The molecule has 2 N–H and O–H groups in total. The van der Waals surface area contributed by atoms with Crippen molar-refractivity contribution in [1.29, 1.82) is 0 Å². The SMILES string of the molecule is O=C(Nc1ccc2c(c1)CCCN2)c1cc(Br)ccc1I. The van der Waals surface area contributed by atoms with E-state index in [0.29, 0.717) is 5.56 Å². The van der Waals surface area contributed by atoms with Crippen molar-refractivity contribution in [1.82, 2.24) is 0 Å². The Balaban J connectivity index is 1.83. The lowest BCUT2D eigenvalue weighted by molar-refractivity contribution is 0.102. The summed E-state index contributed by atoms with van der Waals surface area (Å²) >= 11 is 5.59. The summed E-state index contributed by atoms with van der Waals surface area (Å²) in [6.45, 7) is 1.02. The Morgan fingerprint density at radius 2 is 2.10 bits per heavy atom. The molecule has 0 aromatic heterocycles. The lowest BCUT2D eigenvalue weighted by Gasteiger charge is -2.19. The van der Waals surface area contributed by atoms with Crippen LogP contribution in [0.4, 0.5) is 11.4 Å². The number of carbonyl (C=O) groups is 1. The second-order valence-electron chi connectivity index (χ2n) is 4.98. The maximum Gasteiger partial charge on any atom is 0.256 e. The molecule has 0 saturated carbocycles. The van der Waals surface area contributed by atoms with Gasteiger partial charge in [-0.1, -0.05) is 15.9 Å². The Bertz CT molecular complexity index is 703. The number of rotatable bonds is 2. The van der Waals surface area contributed by atoms with Crippen LogP contribution in [-0.4, -0.2) is 12.5 Å². The molecular weight excluding hydrogens is 443 g/mol. The van der Waals surface area contributed by atoms with Crippen LogP contribution in [0, 0.1) is 3.57 Å². The molecule has 3 nitrogen and oxygen atoms in total. The molecule has 1 heterocycles. The van der Waals surface area contributed by atoms with Crippen LogP contribution >= 0.6 is 38.5 Å². The molecule has 0 aliphatic carbocycles. The van der Waals surface area contributed by atoms with Gasteiger partial charge in [0.1, 0.15) is 0 Å². The number of carbonyl (C=O) groups excluding carboxylic acids is 1. The van der Waals surface area contributed by atoms with Gasteiger partial charge in [0.25, 0.3) is 5.91 Å². The first-order chi connectivity index (χ1) is 10.1. The van der Waals surface area contributed by atoms with Crippen LogP contribution in [0.1, 0.15) is 22.3 Å². The van der Waals surface area contributed by atoms with E-state index >= 15 is 0 Å². The van der Waals surface area contributed by atoms with Gasteiger partial charge in [-0.15, -0.1) is 0 Å². The van der Waals surface area contributed by atoms with Crippen molar-refractivity contribution < 1.29 is 4.79 Å². The number of benzene rings is 2. The smallest absolute Gasteiger partial charge is 0.256 e. The van der Waals surface area contributed by atoms with Gasteiger partial charge < -0.3 is 10.6 Å². The van der Waals surface area contributed by atoms with Gasteiger partial charge in [-0.2, -0.15) is 0 Å². The third-order valence-electron chi connectivity index (χ3n) is 3.47. The van der Waals surface area contributed by atoms with E-state index in [4.69, 9.17) is 0 Å². The average molecular weight is 457 g/mol. The zero-order chi connectivity index (χ0) is 14.8. The summed E-state index contributed by atoms with van der Waals surface area (Å²) in [5.41, 5.74) is 3.97. The molecule has 5 heteroatoms. The quantitative estimate of drug-likeness (QED) is 0.645. The first-order valence-corrected chi connectivity index (χ1v) is 8.64. The van der Waals surface area contributed by atoms with Gasteiger partial charge >= 0.3 is 0 Å². The number of hydrogen-bond acceptors (Lipinski definition) is 2. The predicted molar refractivity (Wildman–Crippen MR) is 98.1 cm³/mol. The summed E-state index contributed by atoms with van der Waals surface area (Å²) in [6.07, 6.45) is 2.19. The number of hydrogen-bond donors (Lipinski definition) is 2. The van der Waals surface area contributed by atoms with Gasteiger partial charge in [0.05, 0.1) is 5.56 Å². The van der Waals surface area contributed by atoms with Crippen LogP contribution in [0.5, 0.6) is 0 Å². The molecule has 0 saturated heterocycles. The Labute approximate surface area is 145 Å². The van der Waals surface area contributed by atoms with Crippen molar-refractivity contribution in [2.24, 2.45) is 0 Å². The van der Waals surface area contributed by atoms with Crippen LogP contribution in [-0.2, 0) is 6.42 Å². The zero-order valence-corrected chi connectivity index (χ0v) is 15.0. The van der Waals surface area contributed by atoms with Gasteiger partial charge in [-0.25, -0.2) is 0 Å². The minimum absolute atomic E-state index is 0.0792. The molecule has 3 rings (SSSR count). The van der Waals surface area contributed by atoms with E-state index in [1.54, 1.807) is 0 Å². The number of aryl methyl sites for hydroxylation is 1. The minimum atomic E-state index is -0.0792. The molecule has 2 aromatic rings. The summed E-state index contributed by atoms with van der Waals surface area (Å²) in [7, 11) is 0. The number of anilines is 2. The lowest BCUT2D eigenvalue weighted by Crippen LogP contribution is -2.15. The van der Waals surface area contributed by atoms with Gasteiger partial charge in [0.2, 0.25) is 0 Å². The first-order valence-electron chi connectivity index (χ1n) is 6.77. The Kier molecular flexibility index (Phi) is 4.49. The monoisotopic (exact) mass is 456 g/mol. The summed E-state index contributed by atoms with van der Waals surface area (Å²) in [6, 6.07) is 11.7. The van der Waals surface area contributed by atoms with Crippen LogP contribution in [0.2, 0.25) is 0 Å². The predicted octanol–water partition coefficient (Wildman–Crippen LogP) is 4.66. The highest BCUT2D eigenvalue weighted by atomic mass is 127. The zero-order valence-electron chi connectivity index (χ0n) is 11.2. The highest BCUT2D eigenvalue weighted by Gasteiger charge is 2.13. The number of nitrogens with one attached hydrogen (secondary N) is 2. The maximum atomic E-state index is 12.4. The van der Waals surface area contributed by atoms with Gasteiger partial charge in [-0.05, 0) is 77.4 Å². The molecule has 21 heavy (non-hydrogen) atoms.